The average molecular weight is 317 g/mol. The Morgan fingerprint density at radius 2 is 1.83 bits per heavy atom. The first-order valence-electron chi connectivity index (χ1n) is 8.26. The second-order valence-corrected chi connectivity index (χ2v) is 6.54. The number of piperidine rings is 1. The van der Waals surface area contributed by atoms with Gasteiger partial charge in [0.25, 0.3) is 0 Å². The Morgan fingerprint density at radius 3 is 2.39 bits per heavy atom. The molecule has 1 aromatic carbocycles. The fourth-order valence-corrected chi connectivity index (χ4v) is 3.08. The lowest BCUT2D eigenvalue weighted by Crippen LogP contribution is -2.44. The lowest BCUT2D eigenvalue weighted by molar-refractivity contribution is -0.139. The minimum absolute atomic E-state index is 0.0482. The van der Waals surface area contributed by atoms with Crippen molar-refractivity contribution < 1.29 is 9.59 Å². The van der Waals surface area contributed by atoms with E-state index in [1.807, 2.05) is 35.2 Å². The maximum absolute atomic E-state index is 12.4. The van der Waals surface area contributed by atoms with Crippen molar-refractivity contribution in [1.29, 1.82) is 0 Å². The molecule has 0 aliphatic carbocycles. The minimum Gasteiger partial charge on any atom is -0.349 e. The summed E-state index contributed by atoms with van der Waals surface area (Å²) in [6, 6.07) is 9.84. The molecular formula is C18H27N3O2. The average Bonchev–Trinajstić information content (AvgIpc) is 2.55. The molecule has 1 aliphatic heterocycles. The molecule has 1 fully saturated rings. The van der Waals surface area contributed by atoms with Gasteiger partial charge in [-0.05, 0) is 24.8 Å². The normalized spacial score (nSPS) is 16.9. The van der Waals surface area contributed by atoms with Crippen LogP contribution in [0.25, 0.3) is 0 Å². The molecule has 1 aliphatic rings. The van der Waals surface area contributed by atoms with Crippen molar-refractivity contribution in [2.75, 3.05) is 27.2 Å². The Kier molecular flexibility index (Phi) is 6.16. The fourth-order valence-electron chi connectivity index (χ4n) is 3.08. The van der Waals surface area contributed by atoms with E-state index in [2.05, 4.69) is 0 Å². The molecular weight excluding hydrogens is 290 g/mol. The number of amides is 2. The summed E-state index contributed by atoms with van der Waals surface area (Å²) in [5.74, 6) is 0.314. The smallest absolute Gasteiger partial charge is 0.225 e. The van der Waals surface area contributed by atoms with Crippen molar-refractivity contribution in [1.82, 2.24) is 9.80 Å². The quantitative estimate of drug-likeness (QED) is 0.889. The lowest BCUT2D eigenvalue weighted by atomic mass is 9.95. The number of carbonyl (C=O) groups excluding carboxylic acids is 2. The van der Waals surface area contributed by atoms with Gasteiger partial charge in [-0.25, -0.2) is 0 Å². The Labute approximate surface area is 138 Å². The number of carbonyl (C=O) groups is 2. The molecule has 2 amide bonds. The third-order valence-electron chi connectivity index (χ3n) is 4.42. The van der Waals surface area contributed by atoms with Crippen molar-refractivity contribution >= 4 is 11.8 Å². The highest BCUT2D eigenvalue weighted by molar-refractivity contribution is 5.80. The van der Waals surface area contributed by atoms with Crippen LogP contribution in [0.1, 0.15) is 24.8 Å². The number of benzene rings is 1. The van der Waals surface area contributed by atoms with Crippen molar-refractivity contribution in [2.24, 2.45) is 11.7 Å². The third kappa shape index (κ3) is 5.06. The fraction of sp³-hybridized carbons (Fsp3) is 0.556. The zero-order valence-electron chi connectivity index (χ0n) is 14.1. The van der Waals surface area contributed by atoms with E-state index in [0.29, 0.717) is 25.9 Å². The maximum Gasteiger partial charge on any atom is 0.225 e. The van der Waals surface area contributed by atoms with E-state index in [1.165, 1.54) is 0 Å². The number of hydrogen-bond acceptors (Lipinski definition) is 3. The van der Waals surface area contributed by atoms with Gasteiger partial charge in [0.2, 0.25) is 11.8 Å². The summed E-state index contributed by atoms with van der Waals surface area (Å²) in [5, 5.41) is 0. The van der Waals surface area contributed by atoms with E-state index in [9.17, 15) is 9.59 Å². The van der Waals surface area contributed by atoms with E-state index < -0.39 is 0 Å². The minimum atomic E-state index is -0.161. The van der Waals surface area contributed by atoms with Crippen molar-refractivity contribution in [3.63, 3.8) is 0 Å². The zero-order chi connectivity index (χ0) is 16.8. The van der Waals surface area contributed by atoms with Crippen molar-refractivity contribution in [3.05, 3.63) is 35.9 Å². The second kappa shape index (κ2) is 8.11. The van der Waals surface area contributed by atoms with Crippen LogP contribution in [-0.4, -0.2) is 54.8 Å². The molecule has 2 rings (SSSR count). The molecule has 0 unspecified atom stereocenters. The summed E-state index contributed by atoms with van der Waals surface area (Å²) in [5.41, 5.74) is 7.28. The maximum atomic E-state index is 12.4. The topological polar surface area (TPSA) is 66.6 Å². The molecule has 1 saturated heterocycles. The highest BCUT2D eigenvalue weighted by Crippen LogP contribution is 2.20. The van der Waals surface area contributed by atoms with Crippen LogP contribution >= 0.6 is 0 Å². The molecule has 126 valence electrons. The second-order valence-electron chi connectivity index (χ2n) is 6.54. The number of likely N-dealkylation sites (tertiary alicyclic amines) is 1. The molecule has 5 heteroatoms. The first kappa shape index (κ1) is 17.5. The van der Waals surface area contributed by atoms with E-state index in [-0.39, 0.29) is 23.8 Å². The highest BCUT2D eigenvalue weighted by Gasteiger charge is 2.28. The number of nitrogens with two attached hydrogens (primary N) is 1. The Bertz CT molecular complexity index is 522. The molecule has 0 saturated carbocycles. The summed E-state index contributed by atoms with van der Waals surface area (Å²) >= 11 is 0. The van der Waals surface area contributed by atoms with Gasteiger partial charge in [-0.1, -0.05) is 30.3 Å². The first-order valence-corrected chi connectivity index (χ1v) is 8.26. The largest absolute Gasteiger partial charge is 0.349 e. The molecule has 0 spiro atoms. The van der Waals surface area contributed by atoms with Gasteiger partial charge >= 0.3 is 0 Å². The lowest BCUT2D eigenvalue weighted by Gasteiger charge is -2.33. The number of rotatable bonds is 5. The van der Waals surface area contributed by atoms with Gasteiger partial charge in [0, 0.05) is 45.6 Å². The molecule has 0 aromatic heterocycles. The van der Waals surface area contributed by atoms with Crippen LogP contribution in [0.5, 0.6) is 0 Å². The van der Waals surface area contributed by atoms with E-state index in [0.717, 1.165) is 18.4 Å². The van der Waals surface area contributed by atoms with E-state index >= 15 is 0 Å². The van der Waals surface area contributed by atoms with Crippen LogP contribution in [0.2, 0.25) is 0 Å². The monoisotopic (exact) mass is 317 g/mol. The van der Waals surface area contributed by atoms with Gasteiger partial charge in [0.1, 0.15) is 0 Å². The predicted molar refractivity (Wildman–Crippen MR) is 90.7 cm³/mol. The first-order chi connectivity index (χ1) is 11.0. The number of nitrogens with zero attached hydrogens (tertiary/aromatic N) is 2. The van der Waals surface area contributed by atoms with Gasteiger partial charge in [-0.2, -0.15) is 0 Å². The highest BCUT2D eigenvalue weighted by atomic mass is 16.2. The SMILES string of the molecule is CN(C)C(=O)C1CCN(C(=O)C[C@H](N)Cc2ccccc2)CC1. The molecule has 0 radical (unpaired) electrons. The summed E-state index contributed by atoms with van der Waals surface area (Å²) in [6.45, 7) is 1.31. The standard InChI is InChI=1S/C18H27N3O2/c1-20(2)18(23)15-8-10-21(11-9-15)17(22)13-16(19)12-14-6-4-3-5-7-14/h3-7,15-16H,8-13,19H2,1-2H3/t16-/m1/s1. The van der Waals surface area contributed by atoms with Crippen LogP contribution in [0, 0.1) is 5.92 Å². The van der Waals surface area contributed by atoms with Crippen molar-refractivity contribution in [2.45, 2.75) is 31.7 Å². The zero-order valence-corrected chi connectivity index (χ0v) is 14.1. The van der Waals surface area contributed by atoms with Crippen molar-refractivity contribution in [3.8, 4) is 0 Å². The summed E-state index contributed by atoms with van der Waals surface area (Å²) < 4.78 is 0. The molecule has 23 heavy (non-hydrogen) atoms. The van der Waals surface area contributed by atoms with Crippen LogP contribution in [0.15, 0.2) is 30.3 Å². The Morgan fingerprint density at radius 1 is 1.22 bits per heavy atom. The van der Waals surface area contributed by atoms with Crippen LogP contribution < -0.4 is 5.73 Å². The van der Waals surface area contributed by atoms with Gasteiger partial charge in [0.05, 0.1) is 0 Å². The molecule has 0 bridgehead atoms. The molecule has 2 N–H and O–H groups in total. The molecule has 1 heterocycles. The van der Waals surface area contributed by atoms with Crippen LogP contribution in [-0.2, 0) is 16.0 Å². The van der Waals surface area contributed by atoms with Gasteiger partial charge < -0.3 is 15.5 Å². The van der Waals surface area contributed by atoms with Crippen LogP contribution in [0.3, 0.4) is 0 Å². The molecule has 5 nitrogen and oxygen atoms in total. The van der Waals surface area contributed by atoms with E-state index in [4.69, 9.17) is 5.73 Å². The predicted octanol–water partition coefficient (Wildman–Crippen LogP) is 1.27. The Balaban J connectivity index is 1.77. The Hall–Kier alpha value is -1.88. The summed E-state index contributed by atoms with van der Waals surface area (Å²) in [7, 11) is 3.56. The van der Waals surface area contributed by atoms with Gasteiger partial charge in [-0.15, -0.1) is 0 Å². The van der Waals surface area contributed by atoms with E-state index in [1.54, 1.807) is 19.0 Å². The summed E-state index contributed by atoms with van der Waals surface area (Å²) in [6.07, 6.45) is 2.57. The van der Waals surface area contributed by atoms with Gasteiger partial charge in [-0.3, -0.25) is 9.59 Å². The summed E-state index contributed by atoms with van der Waals surface area (Å²) in [4.78, 5) is 27.8. The molecule has 1 atom stereocenters. The third-order valence-corrected chi connectivity index (χ3v) is 4.42. The van der Waals surface area contributed by atoms with Gasteiger partial charge in [0.15, 0.2) is 0 Å². The number of hydrogen-bond donors (Lipinski definition) is 1. The molecule has 1 aromatic rings. The van der Waals surface area contributed by atoms with Crippen LogP contribution in [0.4, 0.5) is 0 Å².